The number of fused-ring (bicyclic) bond motifs is 2. The highest BCUT2D eigenvalue weighted by Gasteiger charge is 2.31. The molecule has 140 valence electrons. The number of halogens is 1. The van der Waals surface area contributed by atoms with Gasteiger partial charge in [0.05, 0.1) is 26.9 Å². The van der Waals surface area contributed by atoms with E-state index in [9.17, 15) is 4.79 Å². The molecule has 0 aliphatic carbocycles. The fourth-order valence-electron chi connectivity index (χ4n) is 3.41. The molecule has 0 radical (unpaired) electrons. The zero-order valence-corrected chi connectivity index (χ0v) is 17.2. The summed E-state index contributed by atoms with van der Waals surface area (Å²) in [6, 6.07) is 15.8. The summed E-state index contributed by atoms with van der Waals surface area (Å²) in [5, 5.41) is 9.17. The maximum atomic E-state index is 12.4. The number of aryl methyl sites for hydroxylation is 1. The lowest BCUT2D eigenvalue weighted by Crippen LogP contribution is -2.15. The monoisotopic (exact) mass is 426 g/mol. The fraction of sp³-hybridized carbons (Fsp3) is 0.150. The Bertz CT molecular complexity index is 1180. The smallest absolute Gasteiger partial charge is 0.235 e. The Morgan fingerprint density at radius 2 is 2.07 bits per heavy atom. The Kier molecular flexibility index (Phi) is 4.38. The summed E-state index contributed by atoms with van der Waals surface area (Å²) < 4.78 is 2.84. The molecule has 28 heavy (non-hydrogen) atoms. The third kappa shape index (κ3) is 2.99. The molecule has 1 N–H and O–H groups in total. The Balaban J connectivity index is 1.70. The number of thiazole rings is 1. The number of nitrogens with zero attached hydrogens (tertiary/aromatic N) is 3. The number of carbonyl (C=O) groups is 1. The average Bonchev–Trinajstić information content (AvgIpc) is 3.18. The first-order chi connectivity index (χ1) is 13.6. The van der Waals surface area contributed by atoms with E-state index in [0.717, 1.165) is 32.2 Å². The van der Waals surface area contributed by atoms with Gasteiger partial charge < -0.3 is 5.32 Å². The lowest BCUT2D eigenvalue weighted by molar-refractivity contribution is -0.113. The van der Waals surface area contributed by atoms with Crippen LogP contribution in [0.2, 0.25) is 5.02 Å². The Morgan fingerprint density at radius 1 is 1.21 bits per heavy atom. The van der Waals surface area contributed by atoms with Crippen molar-refractivity contribution in [1.29, 1.82) is 0 Å². The zero-order valence-electron chi connectivity index (χ0n) is 14.8. The van der Waals surface area contributed by atoms with Gasteiger partial charge in [-0.1, -0.05) is 47.2 Å². The van der Waals surface area contributed by atoms with Crippen molar-refractivity contribution in [3.8, 4) is 5.13 Å². The highest BCUT2D eigenvalue weighted by molar-refractivity contribution is 8.00. The minimum absolute atomic E-state index is 0.0317. The predicted octanol–water partition coefficient (Wildman–Crippen LogP) is 5.22. The molecule has 0 spiro atoms. The normalized spacial score (nSPS) is 16.6. The van der Waals surface area contributed by atoms with Crippen LogP contribution in [0, 0.1) is 6.92 Å². The minimum Gasteiger partial charge on any atom is -0.310 e. The van der Waals surface area contributed by atoms with E-state index in [4.69, 9.17) is 21.7 Å². The lowest BCUT2D eigenvalue weighted by atomic mass is 10.0. The largest absolute Gasteiger partial charge is 0.310 e. The van der Waals surface area contributed by atoms with E-state index in [1.165, 1.54) is 0 Å². The molecule has 5 rings (SSSR count). The first-order valence-corrected chi connectivity index (χ1v) is 11.0. The Morgan fingerprint density at radius 3 is 2.89 bits per heavy atom. The molecule has 2 aromatic heterocycles. The second-order valence-electron chi connectivity index (χ2n) is 6.52. The van der Waals surface area contributed by atoms with Gasteiger partial charge in [-0.3, -0.25) is 4.79 Å². The fourth-order valence-corrected chi connectivity index (χ4v) is 5.71. The van der Waals surface area contributed by atoms with E-state index >= 15 is 0 Å². The molecule has 0 bridgehead atoms. The quantitative estimate of drug-likeness (QED) is 0.477. The van der Waals surface area contributed by atoms with E-state index in [-0.39, 0.29) is 11.2 Å². The predicted molar refractivity (Wildman–Crippen MR) is 116 cm³/mol. The number of benzene rings is 2. The van der Waals surface area contributed by atoms with E-state index in [2.05, 4.69) is 5.32 Å². The van der Waals surface area contributed by atoms with Crippen molar-refractivity contribution < 1.29 is 4.79 Å². The third-order valence-electron chi connectivity index (χ3n) is 4.62. The van der Waals surface area contributed by atoms with Crippen LogP contribution in [0.25, 0.3) is 15.3 Å². The zero-order chi connectivity index (χ0) is 19.3. The van der Waals surface area contributed by atoms with Gasteiger partial charge in [-0.05, 0) is 36.8 Å². The number of anilines is 1. The van der Waals surface area contributed by atoms with Crippen molar-refractivity contribution in [2.45, 2.75) is 12.2 Å². The maximum Gasteiger partial charge on any atom is 0.235 e. The number of hydrogen-bond donors (Lipinski definition) is 1. The van der Waals surface area contributed by atoms with Crippen LogP contribution in [0.1, 0.15) is 22.1 Å². The summed E-state index contributed by atoms with van der Waals surface area (Å²) in [5.41, 5.74) is 3.85. The minimum atomic E-state index is -0.0435. The first kappa shape index (κ1) is 17.7. The second kappa shape index (κ2) is 6.92. The number of amides is 1. The molecule has 1 atom stereocenters. The second-order valence-corrected chi connectivity index (χ2v) is 9.06. The highest BCUT2D eigenvalue weighted by Crippen LogP contribution is 2.44. The maximum absolute atomic E-state index is 12.4. The molecule has 1 aliphatic heterocycles. The summed E-state index contributed by atoms with van der Waals surface area (Å²) in [7, 11) is 0. The van der Waals surface area contributed by atoms with Gasteiger partial charge in [0.15, 0.2) is 0 Å². The van der Waals surface area contributed by atoms with Gasteiger partial charge in [0.1, 0.15) is 5.82 Å². The molecule has 2 aromatic carbocycles. The van der Waals surface area contributed by atoms with Gasteiger partial charge in [-0.2, -0.15) is 9.78 Å². The van der Waals surface area contributed by atoms with Crippen LogP contribution in [0.15, 0.2) is 48.5 Å². The molecule has 0 saturated heterocycles. The summed E-state index contributed by atoms with van der Waals surface area (Å²) in [5.74, 6) is 1.01. The standard InChI is InChI=1S/C20H15ClN4OS2/c1-11-17-18(12-5-4-6-13(21)9-12)27-10-16(26)23-19(17)25(24-11)20-22-14-7-2-3-8-15(14)28-20/h2-9,18H,10H2,1H3,(H,23,26)/t18-/m0/s1. The van der Waals surface area contributed by atoms with Crippen LogP contribution in [0.4, 0.5) is 5.82 Å². The number of nitrogens with one attached hydrogen (secondary N) is 1. The number of para-hydroxylation sites is 1. The van der Waals surface area contributed by atoms with Crippen LogP contribution in [0.5, 0.6) is 0 Å². The molecule has 4 aromatic rings. The molecule has 8 heteroatoms. The number of hydrogen-bond acceptors (Lipinski definition) is 5. The average molecular weight is 427 g/mol. The Labute approximate surface area is 174 Å². The van der Waals surface area contributed by atoms with Crippen LogP contribution in [-0.2, 0) is 4.79 Å². The highest BCUT2D eigenvalue weighted by atomic mass is 35.5. The topological polar surface area (TPSA) is 59.8 Å². The Hall–Kier alpha value is -2.35. The van der Waals surface area contributed by atoms with E-state index < -0.39 is 0 Å². The molecule has 3 heterocycles. The van der Waals surface area contributed by atoms with Crippen LogP contribution in [0.3, 0.4) is 0 Å². The summed E-state index contributed by atoms with van der Waals surface area (Å²) in [6.45, 7) is 1.97. The van der Waals surface area contributed by atoms with Crippen molar-refractivity contribution in [2.75, 3.05) is 11.1 Å². The molecule has 0 unspecified atom stereocenters. The van der Waals surface area contributed by atoms with Crippen LogP contribution >= 0.6 is 34.7 Å². The van der Waals surface area contributed by atoms with Crippen molar-refractivity contribution in [1.82, 2.24) is 14.8 Å². The van der Waals surface area contributed by atoms with Crippen molar-refractivity contribution in [2.24, 2.45) is 0 Å². The van der Waals surface area contributed by atoms with Crippen molar-refractivity contribution in [3.05, 3.63) is 70.4 Å². The molecule has 0 saturated carbocycles. The van der Waals surface area contributed by atoms with E-state index in [0.29, 0.717) is 16.6 Å². The number of rotatable bonds is 2. The van der Waals surface area contributed by atoms with Gasteiger partial charge in [0, 0.05) is 10.6 Å². The summed E-state index contributed by atoms with van der Waals surface area (Å²) in [6.07, 6.45) is 0. The lowest BCUT2D eigenvalue weighted by Gasteiger charge is -2.15. The van der Waals surface area contributed by atoms with Gasteiger partial charge in [0.2, 0.25) is 11.0 Å². The van der Waals surface area contributed by atoms with Gasteiger partial charge >= 0.3 is 0 Å². The van der Waals surface area contributed by atoms with Crippen molar-refractivity contribution >= 4 is 56.6 Å². The molecular formula is C20H15ClN4OS2. The van der Waals surface area contributed by atoms with E-state index in [1.54, 1.807) is 27.8 Å². The summed E-state index contributed by atoms with van der Waals surface area (Å²) in [4.78, 5) is 17.2. The van der Waals surface area contributed by atoms with E-state index in [1.807, 2.05) is 55.5 Å². The van der Waals surface area contributed by atoms with Gasteiger partial charge in [0.25, 0.3) is 0 Å². The molecule has 1 amide bonds. The molecule has 5 nitrogen and oxygen atoms in total. The van der Waals surface area contributed by atoms with Gasteiger partial charge in [-0.25, -0.2) is 4.98 Å². The third-order valence-corrected chi connectivity index (χ3v) is 7.14. The number of thioether (sulfide) groups is 1. The van der Waals surface area contributed by atoms with Crippen molar-refractivity contribution in [3.63, 3.8) is 0 Å². The number of carbonyl (C=O) groups excluding carboxylic acids is 1. The first-order valence-electron chi connectivity index (χ1n) is 8.72. The molecule has 0 fully saturated rings. The van der Waals surface area contributed by atoms with Crippen LogP contribution in [-0.4, -0.2) is 26.4 Å². The SMILES string of the molecule is Cc1nn(-c2nc3ccccc3s2)c2c1[C@H](c1cccc(Cl)c1)SCC(=O)N2. The molecule has 1 aliphatic rings. The summed E-state index contributed by atoms with van der Waals surface area (Å²) >= 11 is 9.36. The van der Waals surface area contributed by atoms with Crippen LogP contribution < -0.4 is 5.32 Å². The van der Waals surface area contributed by atoms with Gasteiger partial charge in [-0.15, -0.1) is 11.8 Å². The molecular weight excluding hydrogens is 412 g/mol. The number of aromatic nitrogens is 3.